The number of nitrogens with one attached hydrogen (secondary N) is 2. The first-order chi connectivity index (χ1) is 13.4. The Balaban J connectivity index is 2.28. The number of amides is 3. The van der Waals surface area contributed by atoms with E-state index in [4.69, 9.17) is 9.47 Å². The maximum atomic E-state index is 12.7. The third kappa shape index (κ3) is 6.97. The molecule has 0 saturated carbocycles. The quantitative estimate of drug-likeness (QED) is 0.784. The Labute approximate surface area is 170 Å². The summed E-state index contributed by atoms with van der Waals surface area (Å²) >= 11 is 0. The number of carbonyl (C=O) groups excluding carboxylic acids is 3. The number of imide groups is 1. The number of carbonyl (C=O) groups is 3. The molecule has 0 bridgehead atoms. The van der Waals surface area contributed by atoms with Crippen LogP contribution in [-0.4, -0.2) is 52.4 Å². The highest BCUT2D eigenvalue weighted by Gasteiger charge is 2.34. The van der Waals surface area contributed by atoms with Gasteiger partial charge in [-0.05, 0) is 54.5 Å². The van der Waals surface area contributed by atoms with Gasteiger partial charge in [0.15, 0.2) is 5.82 Å². The van der Waals surface area contributed by atoms with Crippen LogP contribution in [0.4, 0.5) is 21.2 Å². The monoisotopic (exact) mass is 407 g/mol. The fraction of sp³-hybridized carbons (Fsp3) is 0.632. The molecule has 1 aliphatic rings. The Morgan fingerprint density at radius 2 is 1.66 bits per heavy atom. The molecule has 1 fully saturated rings. The molecule has 0 spiro atoms. The summed E-state index contributed by atoms with van der Waals surface area (Å²) in [5.41, 5.74) is -1.67. The van der Waals surface area contributed by atoms with Crippen molar-refractivity contribution >= 4 is 29.7 Å². The van der Waals surface area contributed by atoms with Crippen LogP contribution in [0.5, 0.6) is 0 Å². The van der Waals surface area contributed by atoms with Crippen molar-refractivity contribution in [3.63, 3.8) is 0 Å². The molecule has 1 atom stereocenters. The molecule has 2 heterocycles. The smallest absolute Gasteiger partial charge is 0.425 e. The third-order valence-corrected chi connectivity index (χ3v) is 3.72. The van der Waals surface area contributed by atoms with Crippen LogP contribution in [0.2, 0.25) is 0 Å². The number of nitrogens with zero attached hydrogens (tertiary/aromatic N) is 3. The van der Waals surface area contributed by atoms with Crippen LogP contribution in [0, 0.1) is 5.92 Å². The van der Waals surface area contributed by atoms with E-state index >= 15 is 0 Å². The highest BCUT2D eigenvalue weighted by molar-refractivity contribution is 6.09. The zero-order chi connectivity index (χ0) is 21.8. The van der Waals surface area contributed by atoms with Crippen molar-refractivity contribution in [2.45, 2.75) is 59.2 Å². The number of rotatable bonds is 3. The van der Waals surface area contributed by atoms with Gasteiger partial charge >= 0.3 is 12.2 Å². The molecule has 1 aromatic heterocycles. The highest BCUT2D eigenvalue weighted by atomic mass is 16.6. The van der Waals surface area contributed by atoms with E-state index < -0.39 is 23.4 Å². The molecule has 160 valence electrons. The van der Waals surface area contributed by atoms with Crippen LogP contribution in [0.1, 0.15) is 48.0 Å². The summed E-state index contributed by atoms with van der Waals surface area (Å²) in [5.74, 6) is -0.255. The zero-order valence-corrected chi connectivity index (χ0v) is 17.7. The van der Waals surface area contributed by atoms with E-state index in [0.29, 0.717) is 11.4 Å². The molecule has 1 unspecified atom stereocenters. The average Bonchev–Trinajstić information content (AvgIpc) is 3.06. The van der Waals surface area contributed by atoms with Gasteiger partial charge in [-0.15, -0.1) is 0 Å². The molecule has 2 rings (SSSR count). The topological polar surface area (TPSA) is 123 Å². The lowest BCUT2D eigenvalue weighted by atomic mass is 10.1. The molecular formula is C19H29N5O5. The van der Waals surface area contributed by atoms with Crippen molar-refractivity contribution in [3.05, 3.63) is 12.4 Å². The number of hydrogen-bond donors (Lipinski definition) is 2. The van der Waals surface area contributed by atoms with Gasteiger partial charge in [0.1, 0.15) is 23.3 Å². The van der Waals surface area contributed by atoms with Gasteiger partial charge in [-0.25, -0.2) is 19.6 Å². The van der Waals surface area contributed by atoms with Gasteiger partial charge in [-0.1, -0.05) is 0 Å². The van der Waals surface area contributed by atoms with Gasteiger partial charge in [0.2, 0.25) is 5.91 Å². The standard InChI is InChI=1S/C19H29N5O5/c1-18(2,3)28-16(26)24(17(27)29-19(4,5)6)14-9-13(21-11-22-14)23-15(25)12-7-8-20-10-12/h9,11-12,20H,7-8,10H2,1-6H3,(H,21,22,23,25). The van der Waals surface area contributed by atoms with E-state index in [1.807, 2.05) is 0 Å². The van der Waals surface area contributed by atoms with Crippen molar-refractivity contribution in [2.75, 3.05) is 23.3 Å². The average molecular weight is 407 g/mol. The third-order valence-electron chi connectivity index (χ3n) is 3.72. The van der Waals surface area contributed by atoms with E-state index in [-0.39, 0.29) is 23.5 Å². The highest BCUT2D eigenvalue weighted by Crippen LogP contribution is 2.22. The summed E-state index contributed by atoms with van der Waals surface area (Å²) in [6.07, 6.45) is -0.00360. The van der Waals surface area contributed by atoms with E-state index in [1.54, 1.807) is 41.5 Å². The summed E-state index contributed by atoms with van der Waals surface area (Å²) in [6.45, 7) is 11.4. The Hall–Kier alpha value is -2.75. The summed E-state index contributed by atoms with van der Waals surface area (Å²) in [7, 11) is 0. The first-order valence-corrected chi connectivity index (χ1v) is 9.45. The predicted octanol–water partition coefficient (Wildman–Crippen LogP) is 2.70. The summed E-state index contributed by atoms with van der Waals surface area (Å²) < 4.78 is 10.6. The molecule has 0 aliphatic carbocycles. The lowest BCUT2D eigenvalue weighted by Crippen LogP contribution is -2.44. The fourth-order valence-electron chi connectivity index (χ4n) is 2.52. The Morgan fingerprint density at radius 1 is 1.07 bits per heavy atom. The minimum absolute atomic E-state index is 0.0663. The summed E-state index contributed by atoms with van der Waals surface area (Å²) in [4.78, 5) is 46.4. The molecule has 29 heavy (non-hydrogen) atoms. The van der Waals surface area contributed by atoms with Crippen molar-refractivity contribution in [1.29, 1.82) is 0 Å². The molecule has 1 aliphatic heterocycles. The second-order valence-electron chi connectivity index (χ2n) is 8.74. The van der Waals surface area contributed by atoms with Crippen molar-refractivity contribution in [2.24, 2.45) is 5.92 Å². The Bertz CT molecular complexity index is 735. The Morgan fingerprint density at radius 3 is 2.14 bits per heavy atom. The number of hydrogen-bond acceptors (Lipinski definition) is 8. The first-order valence-electron chi connectivity index (χ1n) is 9.45. The maximum Gasteiger partial charge on any atom is 0.425 e. The Kier molecular flexibility index (Phi) is 6.78. The largest absolute Gasteiger partial charge is 0.443 e. The second kappa shape index (κ2) is 8.73. The number of anilines is 2. The lowest BCUT2D eigenvalue weighted by Gasteiger charge is -2.28. The van der Waals surface area contributed by atoms with Crippen molar-refractivity contribution < 1.29 is 23.9 Å². The molecule has 0 radical (unpaired) electrons. The number of ether oxygens (including phenoxy) is 2. The second-order valence-corrected chi connectivity index (χ2v) is 8.74. The van der Waals surface area contributed by atoms with Gasteiger partial charge in [-0.3, -0.25) is 4.79 Å². The molecule has 10 heteroatoms. The molecule has 3 amide bonds. The van der Waals surface area contributed by atoms with Crippen LogP contribution in [-0.2, 0) is 14.3 Å². The predicted molar refractivity (Wildman–Crippen MR) is 107 cm³/mol. The molecule has 1 aromatic rings. The van der Waals surface area contributed by atoms with Crippen LogP contribution < -0.4 is 15.5 Å². The van der Waals surface area contributed by atoms with Crippen LogP contribution in [0.25, 0.3) is 0 Å². The van der Waals surface area contributed by atoms with Gasteiger partial charge in [-0.2, -0.15) is 4.90 Å². The van der Waals surface area contributed by atoms with Crippen molar-refractivity contribution in [1.82, 2.24) is 15.3 Å². The molecule has 0 aromatic carbocycles. The van der Waals surface area contributed by atoms with Crippen molar-refractivity contribution in [3.8, 4) is 0 Å². The molecule has 10 nitrogen and oxygen atoms in total. The molecule has 1 saturated heterocycles. The van der Waals surface area contributed by atoms with Gasteiger partial charge < -0.3 is 20.1 Å². The normalized spacial score (nSPS) is 16.8. The molecule has 2 N–H and O–H groups in total. The summed E-state index contributed by atoms with van der Waals surface area (Å²) in [5, 5.41) is 5.81. The minimum Gasteiger partial charge on any atom is -0.443 e. The zero-order valence-electron chi connectivity index (χ0n) is 17.7. The maximum absolute atomic E-state index is 12.7. The minimum atomic E-state index is -0.942. The SMILES string of the molecule is CC(C)(C)OC(=O)N(C(=O)OC(C)(C)C)c1cc(NC(=O)C2CCNC2)ncn1. The first kappa shape index (κ1) is 22.5. The van der Waals surface area contributed by atoms with E-state index in [9.17, 15) is 14.4 Å². The van der Waals surface area contributed by atoms with Gasteiger partial charge in [0.05, 0.1) is 5.92 Å². The van der Waals surface area contributed by atoms with E-state index in [0.717, 1.165) is 19.3 Å². The number of aromatic nitrogens is 2. The van der Waals surface area contributed by atoms with E-state index in [2.05, 4.69) is 20.6 Å². The summed E-state index contributed by atoms with van der Waals surface area (Å²) in [6, 6.07) is 1.33. The van der Waals surface area contributed by atoms with Crippen LogP contribution >= 0.6 is 0 Å². The fourth-order valence-corrected chi connectivity index (χ4v) is 2.52. The lowest BCUT2D eigenvalue weighted by molar-refractivity contribution is -0.119. The van der Waals surface area contributed by atoms with E-state index in [1.165, 1.54) is 6.07 Å². The van der Waals surface area contributed by atoms with Crippen LogP contribution in [0.15, 0.2) is 12.4 Å². The van der Waals surface area contributed by atoms with Crippen LogP contribution in [0.3, 0.4) is 0 Å². The molecular weight excluding hydrogens is 378 g/mol. The van der Waals surface area contributed by atoms with Gasteiger partial charge in [0.25, 0.3) is 0 Å². The van der Waals surface area contributed by atoms with Gasteiger partial charge in [0, 0.05) is 12.6 Å².